The second kappa shape index (κ2) is 14.0. The Bertz CT molecular complexity index is 674. The van der Waals surface area contributed by atoms with Gasteiger partial charge in [-0.2, -0.15) is 0 Å². The van der Waals surface area contributed by atoms with Crippen molar-refractivity contribution in [2.75, 3.05) is 0 Å². The molecule has 0 N–H and O–H groups in total. The van der Waals surface area contributed by atoms with E-state index in [9.17, 15) is 0 Å². The molecule has 0 saturated heterocycles. The third-order valence-corrected chi connectivity index (χ3v) is 7.85. The zero-order chi connectivity index (χ0) is 21.7. The molecule has 0 amide bonds. The standard InChI is InChI=1S/C31H48/c1-3-5-7-9-11-13-27-16-20-29(21-17-27)31-24-22-30(23-25-31)28-18-14-26(15-19-28)12-10-8-6-4-2/h18,20,22-27H,3-17,19,21H2,1-2H3. The van der Waals surface area contributed by atoms with Gasteiger partial charge in [0.05, 0.1) is 0 Å². The van der Waals surface area contributed by atoms with E-state index in [4.69, 9.17) is 0 Å². The molecule has 0 radical (unpaired) electrons. The first-order valence-electron chi connectivity index (χ1n) is 13.8. The molecule has 0 heterocycles. The Kier molecular flexibility index (Phi) is 11.0. The number of rotatable bonds is 13. The van der Waals surface area contributed by atoms with Gasteiger partial charge in [0.1, 0.15) is 0 Å². The van der Waals surface area contributed by atoms with Crippen LogP contribution >= 0.6 is 0 Å². The highest BCUT2D eigenvalue weighted by molar-refractivity contribution is 5.71. The molecule has 0 bridgehead atoms. The van der Waals surface area contributed by atoms with Crippen molar-refractivity contribution in [2.45, 2.75) is 123 Å². The van der Waals surface area contributed by atoms with Crippen molar-refractivity contribution in [1.29, 1.82) is 0 Å². The van der Waals surface area contributed by atoms with Gasteiger partial charge in [-0.15, -0.1) is 0 Å². The van der Waals surface area contributed by atoms with Crippen molar-refractivity contribution >= 4 is 11.1 Å². The van der Waals surface area contributed by atoms with Crippen LogP contribution in [-0.4, -0.2) is 0 Å². The van der Waals surface area contributed by atoms with Crippen molar-refractivity contribution in [1.82, 2.24) is 0 Å². The predicted octanol–water partition coefficient (Wildman–Crippen LogP) is 10.4. The molecular weight excluding hydrogens is 372 g/mol. The molecular formula is C31H48. The van der Waals surface area contributed by atoms with Crippen molar-refractivity contribution in [3.63, 3.8) is 0 Å². The first-order valence-corrected chi connectivity index (χ1v) is 13.8. The van der Waals surface area contributed by atoms with Crippen molar-refractivity contribution in [2.24, 2.45) is 11.8 Å². The van der Waals surface area contributed by atoms with Crippen molar-refractivity contribution in [3.05, 3.63) is 47.5 Å². The molecule has 0 aromatic heterocycles. The van der Waals surface area contributed by atoms with E-state index >= 15 is 0 Å². The molecule has 1 aromatic carbocycles. The smallest absolute Gasteiger partial charge is 0.0227 e. The topological polar surface area (TPSA) is 0 Å². The number of hydrogen-bond acceptors (Lipinski definition) is 0. The molecule has 2 aliphatic rings. The summed E-state index contributed by atoms with van der Waals surface area (Å²) < 4.78 is 0. The summed E-state index contributed by atoms with van der Waals surface area (Å²) in [5.74, 6) is 1.87. The van der Waals surface area contributed by atoms with E-state index in [1.165, 1.54) is 120 Å². The Morgan fingerprint density at radius 3 is 1.39 bits per heavy atom. The van der Waals surface area contributed by atoms with E-state index in [2.05, 4.69) is 50.3 Å². The van der Waals surface area contributed by atoms with Gasteiger partial charge in [0, 0.05) is 0 Å². The third-order valence-electron chi connectivity index (χ3n) is 7.85. The second-order valence-corrected chi connectivity index (χ2v) is 10.4. The lowest BCUT2D eigenvalue weighted by atomic mass is 9.82. The molecule has 0 nitrogen and oxygen atoms in total. The van der Waals surface area contributed by atoms with E-state index in [1.807, 2.05) is 0 Å². The molecule has 0 aliphatic heterocycles. The molecule has 0 fully saturated rings. The number of unbranched alkanes of at least 4 members (excludes halogenated alkanes) is 7. The maximum absolute atomic E-state index is 2.55. The number of benzene rings is 1. The Morgan fingerprint density at radius 2 is 1.00 bits per heavy atom. The van der Waals surface area contributed by atoms with Gasteiger partial charge in [0.2, 0.25) is 0 Å². The SMILES string of the molecule is CCCCCCCC1CC=C(c2ccc(C3=CCC(CCCCCC)CC3)cc2)CC1. The van der Waals surface area contributed by atoms with Gasteiger partial charge in [0.15, 0.2) is 0 Å². The van der Waals surface area contributed by atoms with Crippen LogP contribution in [0.1, 0.15) is 134 Å². The van der Waals surface area contributed by atoms with Gasteiger partial charge in [-0.25, -0.2) is 0 Å². The van der Waals surface area contributed by atoms with E-state index < -0.39 is 0 Å². The summed E-state index contributed by atoms with van der Waals surface area (Å²) in [6, 6.07) is 9.57. The van der Waals surface area contributed by atoms with Gasteiger partial charge in [-0.1, -0.05) is 121 Å². The highest BCUT2D eigenvalue weighted by Gasteiger charge is 2.17. The lowest BCUT2D eigenvalue weighted by molar-refractivity contribution is 0.423. The molecule has 0 spiro atoms. The molecule has 172 valence electrons. The van der Waals surface area contributed by atoms with Crippen LogP contribution in [-0.2, 0) is 0 Å². The van der Waals surface area contributed by atoms with Gasteiger partial charge in [0.25, 0.3) is 0 Å². The summed E-state index contributed by atoms with van der Waals surface area (Å²) in [4.78, 5) is 0. The van der Waals surface area contributed by atoms with Crippen LogP contribution in [0.4, 0.5) is 0 Å². The highest BCUT2D eigenvalue weighted by Crippen LogP contribution is 2.35. The normalized spacial score (nSPS) is 21.6. The van der Waals surface area contributed by atoms with E-state index in [1.54, 1.807) is 11.1 Å². The fourth-order valence-corrected chi connectivity index (χ4v) is 5.62. The maximum Gasteiger partial charge on any atom is -0.0227 e. The van der Waals surface area contributed by atoms with Crippen molar-refractivity contribution in [3.8, 4) is 0 Å². The van der Waals surface area contributed by atoms with Crippen LogP contribution in [0.3, 0.4) is 0 Å². The molecule has 2 atom stereocenters. The third kappa shape index (κ3) is 8.28. The monoisotopic (exact) mass is 420 g/mol. The zero-order valence-electron chi connectivity index (χ0n) is 20.6. The van der Waals surface area contributed by atoms with Crippen LogP contribution < -0.4 is 0 Å². The largest absolute Gasteiger partial charge is 0.0804 e. The van der Waals surface area contributed by atoms with Gasteiger partial charge < -0.3 is 0 Å². The Labute approximate surface area is 193 Å². The molecule has 2 aliphatic carbocycles. The Hall–Kier alpha value is -1.30. The van der Waals surface area contributed by atoms with E-state index in [-0.39, 0.29) is 0 Å². The van der Waals surface area contributed by atoms with Crippen molar-refractivity contribution < 1.29 is 0 Å². The molecule has 3 rings (SSSR count). The molecule has 2 unspecified atom stereocenters. The Morgan fingerprint density at radius 1 is 0.581 bits per heavy atom. The quantitative estimate of drug-likeness (QED) is 0.278. The number of allylic oxidation sites excluding steroid dienone is 4. The summed E-state index contributed by atoms with van der Waals surface area (Å²) in [6.07, 6.45) is 28.7. The number of hydrogen-bond donors (Lipinski definition) is 0. The van der Waals surface area contributed by atoms with Gasteiger partial charge in [-0.05, 0) is 72.6 Å². The predicted molar refractivity (Wildman–Crippen MR) is 139 cm³/mol. The summed E-state index contributed by atoms with van der Waals surface area (Å²) in [7, 11) is 0. The van der Waals surface area contributed by atoms with Crippen LogP contribution in [0.5, 0.6) is 0 Å². The summed E-state index contributed by atoms with van der Waals surface area (Å²) in [6.45, 7) is 4.61. The summed E-state index contributed by atoms with van der Waals surface area (Å²) in [5, 5.41) is 0. The minimum Gasteiger partial charge on any atom is -0.0804 e. The van der Waals surface area contributed by atoms with E-state index in [0.29, 0.717) is 0 Å². The van der Waals surface area contributed by atoms with E-state index in [0.717, 1.165) is 11.8 Å². The van der Waals surface area contributed by atoms with Gasteiger partial charge >= 0.3 is 0 Å². The van der Waals surface area contributed by atoms with Crippen LogP contribution in [0.15, 0.2) is 36.4 Å². The second-order valence-electron chi connectivity index (χ2n) is 10.4. The fourth-order valence-electron chi connectivity index (χ4n) is 5.62. The molecule has 0 saturated carbocycles. The van der Waals surface area contributed by atoms with Crippen LogP contribution in [0.2, 0.25) is 0 Å². The highest BCUT2D eigenvalue weighted by atomic mass is 14.2. The fraction of sp³-hybridized carbons (Fsp3) is 0.677. The van der Waals surface area contributed by atoms with Gasteiger partial charge in [-0.3, -0.25) is 0 Å². The minimum absolute atomic E-state index is 0.937. The van der Waals surface area contributed by atoms with Crippen LogP contribution in [0.25, 0.3) is 11.1 Å². The molecule has 31 heavy (non-hydrogen) atoms. The first-order chi connectivity index (χ1) is 15.3. The minimum atomic E-state index is 0.937. The summed E-state index contributed by atoms with van der Waals surface area (Å²) >= 11 is 0. The average molecular weight is 421 g/mol. The average Bonchev–Trinajstić information content (AvgIpc) is 2.83. The molecule has 1 aromatic rings. The lowest BCUT2D eigenvalue weighted by Crippen LogP contribution is -2.06. The summed E-state index contributed by atoms with van der Waals surface area (Å²) in [5.41, 5.74) is 6.13. The van der Waals surface area contributed by atoms with Crippen LogP contribution in [0, 0.1) is 11.8 Å². The maximum atomic E-state index is 2.55. The Balaban J connectivity index is 1.43. The molecule has 0 heteroatoms. The lowest BCUT2D eigenvalue weighted by Gasteiger charge is -2.23. The first kappa shape index (κ1) is 24.3. The zero-order valence-corrected chi connectivity index (χ0v) is 20.6.